The van der Waals surface area contributed by atoms with Crippen molar-refractivity contribution in [3.8, 4) is 0 Å². The molecule has 27 heavy (non-hydrogen) atoms. The lowest BCUT2D eigenvalue weighted by molar-refractivity contribution is 0.0320. The van der Waals surface area contributed by atoms with Gasteiger partial charge in [0.1, 0.15) is 4.83 Å². The van der Waals surface area contributed by atoms with Crippen molar-refractivity contribution < 1.29 is 9.53 Å². The van der Waals surface area contributed by atoms with Crippen molar-refractivity contribution in [2.75, 3.05) is 0 Å². The minimum absolute atomic E-state index is 0.222. The van der Waals surface area contributed by atoms with E-state index in [0.29, 0.717) is 32.6 Å². The standard InChI is InChI=1S/C19H16N4O3S/c1-9-11(3)27-18-15(9)17(24)22-16(23-18)10(2)26-19(25)12-4-5-13-14(8-12)21-7-6-20-13/h4-8,10H,1-3H3,(H,22,23,24)/t10-/m0/s1. The summed E-state index contributed by atoms with van der Waals surface area (Å²) in [5.41, 5.74) is 2.37. The zero-order chi connectivity index (χ0) is 19.1. The molecule has 0 saturated heterocycles. The summed E-state index contributed by atoms with van der Waals surface area (Å²) >= 11 is 1.45. The van der Waals surface area contributed by atoms with Crippen molar-refractivity contribution in [2.24, 2.45) is 0 Å². The average Bonchev–Trinajstić information content (AvgIpc) is 2.95. The fourth-order valence-corrected chi connectivity index (χ4v) is 3.88. The van der Waals surface area contributed by atoms with E-state index in [1.54, 1.807) is 37.5 Å². The molecule has 1 aromatic carbocycles. The molecule has 0 spiro atoms. The highest BCUT2D eigenvalue weighted by Gasteiger charge is 2.19. The fourth-order valence-electron chi connectivity index (χ4n) is 2.84. The Balaban J connectivity index is 1.62. The van der Waals surface area contributed by atoms with Gasteiger partial charge in [-0.05, 0) is 44.5 Å². The number of carbonyl (C=O) groups is 1. The van der Waals surface area contributed by atoms with Gasteiger partial charge in [-0.2, -0.15) is 0 Å². The summed E-state index contributed by atoms with van der Waals surface area (Å²) in [5.74, 6) is -0.195. The number of H-pyrrole nitrogens is 1. The number of benzene rings is 1. The molecule has 4 aromatic rings. The third-order valence-corrected chi connectivity index (χ3v) is 5.53. The molecule has 0 saturated carbocycles. The summed E-state index contributed by atoms with van der Waals surface area (Å²) in [5, 5.41) is 0.591. The maximum atomic E-state index is 12.5. The van der Waals surface area contributed by atoms with E-state index in [-0.39, 0.29) is 5.56 Å². The molecule has 1 atom stereocenters. The van der Waals surface area contributed by atoms with Crippen LogP contribution in [0.3, 0.4) is 0 Å². The van der Waals surface area contributed by atoms with E-state index >= 15 is 0 Å². The maximum absolute atomic E-state index is 12.5. The molecule has 3 aromatic heterocycles. The zero-order valence-corrected chi connectivity index (χ0v) is 15.8. The van der Waals surface area contributed by atoms with Crippen LogP contribution in [0.15, 0.2) is 35.4 Å². The molecule has 0 fully saturated rings. The molecule has 3 heterocycles. The van der Waals surface area contributed by atoms with Crippen molar-refractivity contribution in [3.63, 3.8) is 0 Å². The molecule has 0 aliphatic heterocycles. The summed E-state index contributed by atoms with van der Waals surface area (Å²) in [4.78, 5) is 42.1. The second-order valence-corrected chi connectivity index (χ2v) is 7.43. The number of aromatic amines is 1. The molecule has 136 valence electrons. The molecule has 0 bridgehead atoms. The normalized spacial score (nSPS) is 12.4. The third kappa shape index (κ3) is 3.08. The number of rotatable bonds is 3. The van der Waals surface area contributed by atoms with Crippen LogP contribution >= 0.6 is 11.3 Å². The van der Waals surface area contributed by atoms with Gasteiger partial charge in [-0.15, -0.1) is 11.3 Å². The smallest absolute Gasteiger partial charge is 0.338 e. The highest BCUT2D eigenvalue weighted by atomic mass is 32.1. The van der Waals surface area contributed by atoms with Gasteiger partial charge in [0.25, 0.3) is 5.56 Å². The van der Waals surface area contributed by atoms with Crippen molar-refractivity contribution in [2.45, 2.75) is 26.9 Å². The molecule has 0 unspecified atom stereocenters. The molecule has 8 heteroatoms. The van der Waals surface area contributed by atoms with E-state index in [1.807, 2.05) is 13.8 Å². The number of fused-ring (bicyclic) bond motifs is 2. The Morgan fingerprint density at radius 2 is 1.93 bits per heavy atom. The summed E-state index contributed by atoms with van der Waals surface area (Å²) in [6.45, 7) is 5.53. The Bertz CT molecular complexity index is 1240. The van der Waals surface area contributed by atoms with Gasteiger partial charge in [0.15, 0.2) is 11.9 Å². The van der Waals surface area contributed by atoms with E-state index < -0.39 is 12.1 Å². The highest BCUT2D eigenvalue weighted by Crippen LogP contribution is 2.27. The molecule has 0 aliphatic rings. The van der Waals surface area contributed by atoms with E-state index in [0.717, 1.165) is 10.4 Å². The summed E-state index contributed by atoms with van der Waals surface area (Å²) in [6.07, 6.45) is 2.46. The van der Waals surface area contributed by atoms with Gasteiger partial charge in [0, 0.05) is 17.3 Å². The van der Waals surface area contributed by atoms with Crippen LogP contribution in [0.2, 0.25) is 0 Å². The average molecular weight is 380 g/mol. The lowest BCUT2D eigenvalue weighted by atomic mass is 10.2. The van der Waals surface area contributed by atoms with E-state index in [1.165, 1.54) is 11.3 Å². The SMILES string of the molecule is Cc1sc2nc([C@H](C)OC(=O)c3ccc4nccnc4c3)[nH]c(=O)c2c1C. The summed E-state index contributed by atoms with van der Waals surface area (Å²) < 4.78 is 5.50. The van der Waals surface area contributed by atoms with Crippen LogP contribution in [0.1, 0.15) is 39.7 Å². The maximum Gasteiger partial charge on any atom is 0.338 e. The van der Waals surface area contributed by atoms with E-state index in [4.69, 9.17) is 4.74 Å². The molecular weight excluding hydrogens is 364 g/mol. The number of nitrogens with one attached hydrogen (secondary N) is 1. The first-order chi connectivity index (χ1) is 12.9. The Morgan fingerprint density at radius 1 is 1.19 bits per heavy atom. The second kappa shape index (κ2) is 6.55. The summed E-state index contributed by atoms with van der Waals surface area (Å²) in [6, 6.07) is 4.98. The number of esters is 1. The quantitative estimate of drug-likeness (QED) is 0.547. The van der Waals surface area contributed by atoms with Crippen molar-refractivity contribution in [1.29, 1.82) is 0 Å². The van der Waals surface area contributed by atoms with Crippen LogP contribution in [0.4, 0.5) is 0 Å². The molecule has 0 radical (unpaired) electrons. The molecule has 0 amide bonds. The topological polar surface area (TPSA) is 97.8 Å². The van der Waals surface area contributed by atoms with Crippen LogP contribution in [0, 0.1) is 13.8 Å². The molecule has 0 aliphatic carbocycles. The minimum atomic E-state index is -0.699. The Morgan fingerprint density at radius 3 is 2.70 bits per heavy atom. The van der Waals surface area contributed by atoms with Crippen LogP contribution < -0.4 is 5.56 Å². The van der Waals surface area contributed by atoms with E-state index in [9.17, 15) is 9.59 Å². The number of aryl methyl sites for hydroxylation is 2. The second-order valence-electron chi connectivity index (χ2n) is 6.22. The summed E-state index contributed by atoms with van der Waals surface area (Å²) in [7, 11) is 0. The number of aromatic nitrogens is 4. The Hall–Kier alpha value is -3.13. The first kappa shape index (κ1) is 17.3. The van der Waals surface area contributed by atoms with Gasteiger partial charge < -0.3 is 9.72 Å². The molecule has 4 rings (SSSR count). The third-order valence-electron chi connectivity index (χ3n) is 4.43. The van der Waals surface area contributed by atoms with Crippen LogP contribution in [0.25, 0.3) is 21.3 Å². The minimum Gasteiger partial charge on any atom is -0.451 e. The zero-order valence-electron chi connectivity index (χ0n) is 14.9. The van der Waals surface area contributed by atoms with Gasteiger partial charge in [-0.25, -0.2) is 9.78 Å². The molecule has 1 N–H and O–H groups in total. The van der Waals surface area contributed by atoms with Crippen molar-refractivity contribution >= 4 is 38.6 Å². The predicted octanol–water partition coefficient (Wildman–Crippen LogP) is 3.46. The first-order valence-electron chi connectivity index (χ1n) is 8.35. The fraction of sp³-hybridized carbons (Fsp3) is 0.211. The van der Waals surface area contributed by atoms with Gasteiger partial charge in [-0.3, -0.25) is 14.8 Å². The van der Waals surface area contributed by atoms with Crippen molar-refractivity contribution in [3.05, 3.63) is 62.8 Å². The van der Waals surface area contributed by atoms with E-state index in [2.05, 4.69) is 19.9 Å². The van der Waals surface area contributed by atoms with Crippen LogP contribution in [0.5, 0.6) is 0 Å². The lowest BCUT2D eigenvalue weighted by Gasteiger charge is -2.12. The Kier molecular flexibility index (Phi) is 4.19. The number of nitrogens with zero attached hydrogens (tertiary/aromatic N) is 3. The first-order valence-corrected chi connectivity index (χ1v) is 9.17. The van der Waals surface area contributed by atoms with Gasteiger partial charge in [0.2, 0.25) is 0 Å². The highest BCUT2D eigenvalue weighted by molar-refractivity contribution is 7.18. The number of ether oxygens (including phenoxy) is 1. The Labute approximate surface area is 158 Å². The lowest BCUT2D eigenvalue weighted by Crippen LogP contribution is -2.17. The molecule has 7 nitrogen and oxygen atoms in total. The van der Waals surface area contributed by atoms with Gasteiger partial charge >= 0.3 is 5.97 Å². The number of thiophene rings is 1. The van der Waals surface area contributed by atoms with Crippen molar-refractivity contribution in [1.82, 2.24) is 19.9 Å². The molecular formula is C19H16N4O3S. The van der Waals surface area contributed by atoms with Crippen LogP contribution in [-0.2, 0) is 4.74 Å². The van der Waals surface area contributed by atoms with Gasteiger partial charge in [0.05, 0.1) is 22.0 Å². The largest absolute Gasteiger partial charge is 0.451 e. The number of carbonyl (C=O) groups excluding carboxylic acids is 1. The van der Waals surface area contributed by atoms with Crippen LogP contribution in [-0.4, -0.2) is 25.9 Å². The van der Waals surface area contributed by atoms with Gasteiger partial charge in [-0.1, -0.05) is 0 Å². The predicted molar refractivity (Wildman–Crippen MR) is 103 cm³/mol. The monoisotopic (exact) mass is 380 g/mol. The number of hydrogen-bond acceptors (Lipinski definition) is 7. The number of hydrogen-bond donors (Lipinski definition) is 1.